The maximum Gasteiger partial charge on any atom is 0.233 e. The lowest BCUT2D eigenvalue weighted by molar-refractivity contribution is -0.132. The number of hydrogen-bond donors (Lipinski definition) is 1. The third-order valence-corrected chi connectivity index (χ3v) is 6.56. The van der Waals surface area contributed by atoms with Crippen molar-refractivity contribution in [1.29, 1.82) is 0 Å². The van der Waals surface area contributed by atoms with Crippen molar-refractivity contribution in [1.82, 2.24) is 14.5 Å². The average Bonchev–Trinajstić information content (AvgIpc) is 3.26. The molecule has 0 spiro atoms. The number of benzene rings is 2. The van der Waals surface area contributed by atoms with E-state index in [0.717, 1.165) is 35.5 Å². The standard InChI is InChI=1S/C24H26N4O3S/c1-31-21-12-6-5-11-19(21)28-20(17-8-3-2-4-9-17)14-26-24(28)32-16-22(29)27-13-7-10-18(15-27)23(25)30/h2-6,8-9,11-12,14,18H,7,10,13,15-16H2,1H3,(H2,25,30). The molecule has 2 heterocycles. The monoisotopic (exact) mass is 450 g/mol. The molecule has 2 amide bonds. The number of methoxy groups -OCH3 is 1. The van der Waals surface area contributed by atoms with Crippen LogP contribution in [0.1, 0.15) is 12.8 Å². The lowest BCUT2D eigenvalue weighted by Crippen LogP contribution is -2.44. The van der Waals surface area contributed by atoms with Crippen molar-refractivity contribution in [3.05, 3.63) is 60.8 Å². The molecule has 1 aromatic heterocycles. The summed E-state index contributed by atoms with van der Waals surface area (Å²) >= 11 is 1.38. The number of ether oxygens (including phenoxy) is 1. The van der Waals surface area contributed by atoms with Crippen molar-refractivity contribution in [3.63, 3.8) is 0 Å². The number of imidazole rings is 1. The molecule has 1 aliphatic rings. The summed E-state index contributed by atoms with van der Waals surface area (Å²) in [6.45, 7) is 1.05. The Balaban J connectivity index is 1.61. The molecule has 166 valence electrons. The molecule has 0 aliphatic carbocycles. The number of primary amides is 1. The number of piperidine rings is 1. The summed E-state index contributed by atoms with van der Waals surface area (Å²) in [5.74, 6) is 0.326. The Morgan fingerprint density at radius 1 is 1.16 bits per heavy atom. The maximum absolute atomic E-state index is 12.9. The largest absolute Gasteiger partial charge is 0.495 e. The molecule has 1 aliphatic heterocycles. The number of thioether (sulfide) groups is 1. The van der Waals surface area contributed by atoms with Crippen LogP contribution in [0.5, 0.6) is 5.75 Å². The zero-order valence-corrected chi connectivity index (χ0v) is 18.8. The number of rotatable bonds is 7. The van der Waals surface area contributed by atoms with E-state index in [1.54, 1.807) is 12.0 Å². The number of nitrogens with two attached hydrogens (primary N) is 1. The van der Waals surface area contributed by atoms with E-state index in [9.17, 15) is 9.59 Å². The van der Waals surface area contributed by atoms with Gasteiger partial charge < -0.3 is 15.4 Å². The van der Waals surface area contributed by atoms with E-state index in [2.05, 4.69) is 4.98 Å². The molecule has 1 fully saturated rings. The minimum atomic E-state index is -0.339. The minimum absolute atomic E-state index is 0.0169. The van der Waals surface area contributed by atoms with Gasteiger partial charge in [0.15, 0.2) is 5.16 Å². The molecule has 8 heteroatoms. The van der Waals surface area contributed by atoms with Gasteiger partial charge in [0.2, 0.25) is 11.8 Å². The third kappa shape index (κ3) is 4.65. The topological polar surface area (TPSA) is 90.5 Å². The van der Waals surface area contributed by atoms with Crippen LogP contribution in [0, 0.1) is 5.92 Å². The zero-order chi connectivity index (χ0) is 22.5. The molecule has 2 aromatic carbocycles. The first-order chi connectivity index (χ1) is 15.6. The molecule has 1 atom stereocenters. The molecule has 4 rings (SSSR count). The van der Waals surface area contributed by atoms with Crippen LogP contribution < -0.4 is 10.5 Å². The van der Waals surface area contributed by atoms with E-state index < -0.39 is 0 Å². The van der Waals surface area contributed by atoms with Crippen LogP contribution in [-0.2, 0) is 9.59 Å². The highest BCUT2D eigenvalue weighted by Crippen LogP contribution is 2.34. The molecular weight excluding hydrogens is 424 g/mol. The lowest BCUT2D eigenvalue weighted by Gasteiger charge is -2.31. The highest BCUT2D eigenvalue weighted by Gasteiger charge is 2.27. The number of carbonyl (C=O) groups excluding carboxylic acids is 2. The van der Waals surface area contributed by atoms with Gasteiger partial charge in [0.05, 0.1) is 36.4 Å². The Bertz CT molecular complexity index is 1100. The molecular formula is C24H26N4O3S. The van der Waals surface area contributed by atoms with Crippen molar-refractivity contribution < 1.29 is 14.3 Å². The molecule has 1 saturated heterocycles. The van der Waals surface area contributed by atoms with E-state index in [1.807, 2.05) is 65.4 Å². The second-order valence-electron chi connectivity index (χ2n) is 7.67. The Kier molecular flexibility index (Phi) is 6.80. The molecule has 0 saturated carbocycles. The first-order valence-electron chi connectivity index (χ1n) is 10.5. The van der Waals surface area contributed by atoms with Crippen LogP contribution in [0.25, 0.3) is 16.9 Å². The number of hydrogen-bond acceptors (Lipinski definition) is 5. The number of carbonyl (C=O) groups is 2. The fourth-order valence-corrected chi connectivity index (χ4v) is 4.84. The van der Waals surface area contributed by atoms with Crippen molar-refractivity contribution in [2.45, 2.75) is 18.0 Å². The van der Waals surface area contributed by atoms with Gasteiger partial charge in [0, 0.05) is 18.7 Å². The Labute approximate surface area is 191 Å². The van der Waals surface area contributed by atoms with E-state index in [-0.39, 0.29) is 23.5 Å². The fraction of sp³-hybridized carbons (Fsp3) is 0.292. The molecule has 2 N–H and O–H groups in total. The Hall–Kier alpha value is -3.26. The van der Waals surface area contributed by atoms with Gasteiger partial charge in [-0.25, -0.2) is 4.98 Å². The maximum atomic E-state index is 12.9. The number of para-hydroxylation sites is 2. The van der Waals surface area contributed by atoms with E-state index in [4.69, 9.17) is 10.5 Å². The van der Waals surface area contributed by atoms with Crippen molar-refractivity contribution >= 4 is 23.6 Å². The van der Waals surface area contributed by atoms with Crippen LogP contribution in [-0.4, -0.2) is 52.2 Å². The third-order valence-electron chi connectivity index (χ3n) is 5.63. The molecule has 0 radical (unpaired) electrons. The highest BCUT2D eigenvalue weighted by molar-refractivity contribution is 7.99. The first kappa shape index (κ1) is 22.0. The van der Waals surface area contributed by atoms with Gasteiger partial charge in [0.25, 0.3) is 0 Å². The molecule has 7 nitrogen and oxygen atoms in total. The summed E-state index contributed by atoms with van der Waals surface area (Å²) in [4.78, 5) is 30.8. The predicted octanol–water partition coefficient (Wildman–Crippen LogP) is 3.36. The Morgan fingerprint density at radius 2 is 1.91 bits per heavy atom. The molecule has 0 bridgehead atoms. The van der Waals surface area contributed by atoms with Gasteiger partial charge >= 0.3 is 0 Å². The summed E-state index contributed by atoms with van der Waals surface area (Å²) in [5.41, 5.74) is 8.24. The van der Waals surface area contributed by atoms with Crippen LogP contribution in [0.3, 0.4) is 0 Å². The van der Waals surface area contributed by atoms with Crippen LogP contribution in [0.4, 0.5) is 0 Å². The number of likely N-dealkylation sites (tertiary alicyclic amines) is 1. The summed E-state index contributed by atoms with van der Waals surface area (Å²) in [7, 11) is 1.64. The van der Waals surface area contributed by atoms with Gasteiger partial charge in [-0.1, -0.05) is 54.2 Å². The van der Waals surface area contributed by atoms with Crippen LogP contribution in [0.2, 0.25) is 0 Å². The van der Waals surface area contributed by atoms with Crippen LogP contribution in [0.15, 0.2) is 66.0 Å². The second kappa shape index (κ2) is 9.91. The van der Waals surface area contributed by atoms with Gasteiger partial charge in [-0.15, -0.1) is 0 Å². The normalized spacial score (nSPS) is 16.0. The van der Waals surface area contributed by atoms with Crippen LogP contribution >= 0.6 is 11.8 Å². The van der Waals surface area contributed by atoms with E-state index in [0.29, 0.717) is 18.2 Å². The smallest absolute Gasteiger partial charge is 0.233 e. The highest BCUT2D eigenvalue weighted by atomic mass is 32.2. The average molecular weight is 451 g/mol. The first-order valence-corrected chi connectivity index (χ1v) is 11.5. The van der Waals surface area contributed by atoms with E-state index in [1.165, 1.54) is 11.8 Å². The SMILES string of the molecule is COc1ccccc1-n1c(-c2ccccc2)cnc1SCC(=O)N1CCCC(C(N)=O)C1. The van der Waals surface area contributed by atoms with Crippen molar-refractivity contribution in [2.75, 3.05) is 26.0 Å². The number of nitrogens with zero attached hydrogens (tertiary/aromatic N) is 3. The Morgan fingerprint density at radius 3 is 2.66 bits per heavy atom. The lowest BCUT2D eigenvalue weighted by atomic mass is 9.97. The quantitative estimate of drug-likeness (QED) is 0.558. The molecule has 1 unspecified atom stereocenters. The molecule has 3 aromatic rings. The zero-order valence-electron chi connectivity index (χ0n) is 17.9. The van der Waals surface area contributed by atoms with Crippen molar-refractivity contribution in [2.24, 2.45) is 11.7 Å². The fourth-order valence-electron chi connectivity index (χ4n) is 3.95. The second-order valence-corrected chi connectivity index (χ2v) is 8.61. The summed E-state index contributed by atoms with van der Waals surface area (Å²) in [6.07, 6.45) is 3.35. The van der Waals surface area contributed by atoms with Gasteiger partial charge in [-0.3, -0.25) is 14.2 Å². The van der Waals surface area contributed by atoms with E-state index >= 15 is 0 Å². The number of amides is 2. The van der Waals surface area contributed by atoms with Crippen molar-refractivity contribution in [3.8, 4) is 22.7 Å². The number of aromatic nitrogens is 2. The summed E-state index contributed by atoms with van der Waals surface area (Å²) in [6, 6.07) is 17.7. The van der Waals surface area contributed by atoms with Gasteiger partial charge in [0.1, 0.15) is 5.75 Å². The predicted molar refractivity (Wildman–Crippen MR) is 125 cm³/mol. The molecule has 32 heavy (non-hydrogen) atoms. The van der Waals surface area contributed by atoms with Gasteiger partial charge in [-0.05, 0) is 25.0 Å². The van der Waals surface area contributed by atoms with Gasteiger partial charge in [-0.2, -0.15) is 0 Å². The summed E-state index contributed by atoms with van der Waals surface area (Å²) < 4.78 is 7.62. The summed E-state index contributed by atoms with van der Waals surface area (Å²) in [5, 5.41) is 0.699. The minimum Gasteiger partial charge on any atom is -0.495 e.